The third-order valence-electron chi connectivity index (χ3n) is 7.00. The molecule has 0 aliphatic carbocycles. The smallest absolute Gasteiger partial charge is 0.233 e. The van der Waals surface area contributed by atoms with E-state index in [1.165, 1.54) is 4.31 Å². The van der Waals surface area contributed by atoms with Crippen LogP contribution in [-0.2, 0) is 26.1 Å². The number of nitrogens with one attached hydrogen (secondary N) is 1. The van der Waals surface area contributed by atoms with Gasteiger partial charge in [-0.25, -0.2) is 8.42 Å². The van der Waals surface area contributed by atoms with Crippen molar-refractivity contribution in [1.29, 1.82) is 5.26 Å². The van der Waals surface area contributed by atoms with Crippen LogP contribution in [0.15, 0.2) is 54.9 Å². The Balaban J connectivity index is 1.46. The number of hydrogen-bond donors (Lipinski definition) is 1. The normalized spacial score (nSPS) is 19.8. The van der Waals surface area contributed by atoms with Gasteiger partial charge < -0.3 is 10.1 Å². The Morgan fingerprint density at radius 2 is 2.00 bits per heavy atom. The van der Waals surface area contributed by atoms with Crippen LogP contribution in [0.4, 0.5) is 5.69 Å². The van der Waals surface area contributed by atoms with E-state index in [0.29, 0.717) is 47.9 Å². The second-order valence-electron chi connectivity index (χ2n) is 9.35. The molecule has 2 aliphatic rings. The van der Waals surface area contributed by atoms with Gasteiger partial charge in [0.25, 0.3) is 0 Å². The van der Waals surface area contributed by atoms with Gasteiger partial charge in [-0.05, 0) is 36.1 Å². The van der Waals surface area contributed by atoms with Crippen molar-refractivity contribution in [2.45, 2.75) is 25.3 Å². The Bertz CT molecular complexity index is 1460. The molecule has 1 N–H and O–H groups in total. The molecular formula is C26H25ClN4O4S. The largest absolute Gasteiger partial charge is 0.381 e. The number of rotatable bonds is 5. The second kappa shape index (κ2) is 9.79. The maximum atomic E-state index is 13.6. The summed E-state index contributed by atoms with van der Waals surface area (Å²) in [5.41, 5.74) is 0.959. The zero-order chi connectivity index (χ0) is 25.3. The van der Waals surface area contributed by atoms with Crippen LogP contribution in [0.1, 0.15) is 29.9 Å². The van der Waals surface area contributed by atoms with Gasteiger partial charge >= 0.3 is 0 Å². The summed E-state index contributed by atoms with van der Waals surface area (Å²) in [5, 5.41) is 14.9. The molecule has 0 spiro atoms. The number of pyridine rings is 1. The highest BCUT2D eigenvalue weighted by molar-refractivity contribution is 7.89. The average molecular weight is 525 g/mol. The van der Waals surface area contributed by atoms with Gasteiger partial charge in [-0.2, -0.15) is 9.57 Å². The number of hydrogen-bond acceptors (Lipinski definition) is 6. The van der Waals surface area contributed by atoms with E-state index in [0.717, 1.165) is 10.8 Å². The van der Waals surface area contributed by atoms with E-state index in [4.69, 9.17) is 16.3 Å². The zero-order valence-electron chi connectivity index (χ0n) is 19.5. The highest BCUT2D eigenvalue weighted by Crippen LogP contribution is 2.37. The van der Waals surface area contributed by atoms with Crippen LogP contribution in [0.2, 0.25) is 5.02 Å². The molecule has 8 nitrogen and oxygen atoms in total. The van der Waals surface area contributed by atoms with Crippen molar-refractivity contribution in [3.8, 4) is 6.07 Å². The number of amides is 1. The SMILES string of the molecule is N#CC1(CS(=O)(=O)N2Cc3ccc(Cl)cc3C(C(=O)Nc3cncc4ccccc34)C2)CCOCC1. The summed E-state index contributed by atoms with van der Waals surface area (Å²) >= 11 is 6.26. The number of anilines is 1. The summed E-state index contributed by atoms with van der Waals surface area (Å²) in [6.45, 7) is 0.785. The minimum atomic E-state index is -3.85. The molecule has 5 rings (SSSR count). The van der Waals surface area contributed by atoms with Gasteiger partial charge in [-0.1, -0.05) is 41.9 Å². The van der Waals surface area contributed by atoms with Gasteiger partial charge in [0.2, 0.25) is 15.9 Å². The Morgan fingerprint density at radius 1 is 1.22 bits per heavy atom. The Morgan fingerprint density at radius 3 is 2.78 bits per heavy atom. The van der Waals surface area contributed by atoms with E-state index in [9.17, 15) is 18.5 Å². The van der Waals surface area contributed by atoms with Gasteiger partial charge in [-0.15, -0.1) is 0 Å². The molecule has 1 fully saturated rings. The lowest BCUT2D eigenvalue weighted by atomic mass is 9.84. The van der Waals surface area contributed by atoms with Crippen molar-refractivity contribution in [2.24, 2.45) is 5.41 Å². The standard InChI is InChI=1S/C26H25ClN4O4S/c27-20-6-5-19-14-31(36(33,34)17-26(16-28)7-9-35-10-8-26)15-23(22(19)11-20)25(32)30-24-13-29-12-18-3-1-2-4-21(18)24/h1-6,11-13,23H,7-10,14-15,17H2,(H,30,32). The number of ether oxygens (including phenoxy) is 1. The van der Waals surface area contributed by atoms with Gasteiger partial charge in [0.05, 0.1) is 35.0 Å². The first-order valence-corrected chi connectivity index (χ1v) is 13.7. The summed E-state index contributed by atoms with van der Waals surface area (Å²) < 4.78 is 33.8. The Labute approximate surface area is 214 Å². The van der Waals surface area contributed by atoms with Crippen LogP contribution in [0.5, 0.6) is 0 Å². The van der Waals surface area contributed by atoms with E-state index in [1.807, 2.05) is 24.3 Å². The zero-order valence-corrected chi connectivity index (χ0v) is 21.1. The number of carbonyl (C=O) groups is 1. The topological polar surface area (TPSA) is 112 Å². The number of nitrogens with zero attached hydrogens (tertiary/aromatic N) is 3. The van der Waals surface area contributed by atoms with E-state index in [2.05, 4.69) is 16.4 Å². The summed E-state index contributed by atoms with van der Waals surface area (Å²) in [6, 6.07) is 15.0. The molecule has 0 saturated carbocycles. The first-order chi connectivity index (χ1) is 17.3. The molecule has 1 atom stereocenters. The minimum absolute atomic E-state index is 0.0439. The molecule has 3 aromatic rings. The van der Waals surface area contributed by atoms with Crippen LogP contribution < -0.4 is 5.32 Å². The number of nitriles is 1. The van der Waals surface area contributed by atoms with E-state index < -0.39 is 21.4 Å². The van der Waals surface area contributed by atoms with Crippen LogP contribution in [0.3, 0.4) is 0 Å². The van der Waals surface area contributed by atoms with E-state index in [1.54, 1.807) is 30.6 Å². The molecule has 1 unspecified atom stereocenters. The maximum absolute atomic E-state index is 13.6. The molecule has 36 heavy (non-hydrogen) atoms. The third-order valence-corrected chi connectivity index (χ3v) is 9.22. The monoisotopic (exact) mass is 524 g/mol. The van der Waals surface area contributed by atoms with Crippen LogP contribution in [0, 0.1) is 16.7 Å². The predicted octanol–water partition coefficient (Wildman–Crippen LogP) is 4.08. The third kappa shape index (κ3) is 4.82. The van der Waals surface area contributed by atoms with Gasteiger partial charge in [0, 0.05) is 48.3 Å². The minimum Gasteiger partial charge on any atom is -0.381 e. The fraction of sp³-hybridized carbons (Fsp3) is 0.346. The van der Waals surface area contributed by atoms with Gasteiger partial charge in [-0.3, -0.25) is 9.78 Å². The number of aromatic nitrogens is 1. The molecule has 1 aromatic heterocycles. The van der Waals surface area contributed by atoms with Gasteiger partial charge in [0.1, 0.15) is 0 Å². The summed E-state index contributed by atoms with van der Waals surface area (Å²) in [5.74, 6) is -1.43. The van der Waals surface area contributed by atoms with Crippen molar-refractivity contribution in [3.63, 3.8) is 0 Å². The van der Waals surface area contributed by atoms with Crippen LogP contribution >= 0.6 is 11.6 Å². The van der Waals surface area contributed by atoms with Crippen molar-refractivity contribution < 1.29 is 17.9 Å². The first kappa shape index (κ1) is 24.7. The summed E-state index contributed by atoms with van der Waals surface area (Å²) in [6.07, 6.45) is 4.02. The van der Waals surface area contributed by atoms with Crippen molar-refractivity contribution >= 4 is 44.0 Å². The number of benzene rings is 2. The second-order valence-corrected chi connectivity index (χ2v) is 11.8. The molecule has 0 bridgehead atoms. The van der Waals surface area contributed by atoms with E-state index in [-0.39, 0.29) is 24.7 Å². The molecule has 3 heterocycles. The number of halogens is 1. The van der Waals surface area contributed by atoms with Crippen molar-refractivity contribution in [2.75, 3.05) is 30.8 Å². The highest BCUT2D eigenvalue weighted by Gasteiger charge is 2.42. The Kier molecular flexibility index (Phi) is 6.70. The Hall–Kier alpha value is -3.03. The molecule has 2 aliphatic heterocycles. The summed E-state index contributed by atoms with van der Waals surface area (Å²) in [4.78, 5) is 17.8. The molecule has 1 amide bonds. The quantitative estimate of drug-likeness (QED) is 0.538. The maximum Gasteiger partial charge on any atom is 0.233 e. The molecule has 186 valence electrons. The first-order valence-electron chi connectivity index (χ1n) is 11.7. The molecule has 0 radical (unpaired) electrons. The summed E-state index contributed by atoms with van der Waals surface area (Å²) in [7, 11) is -3.85. The van der Waals surface area contributed by atoms with Gasteiger partial charge in [0.15, 0.2) is 0 Å². The molecule has 2 aromatic carbocycles. The number of carbonyl (C=O) groups excluding carboxylic acids is 1. The lowest BCUT2D eigenvalue weighted by molar-refractivity contribution is -0.118. The lowest BCUT2D eigenvalue weighted by Crippen LogP contribution is -2.46. The van der Waals surface area contributed by atoms with Crippen LogP contribution in [0.25, 0.3) is 10.8 Å². The molecule has 1 saturated heterocycles. The van der Waals surface area contributed by atoms with Crippen molar-refractivity contribution in [3.05, 3.63) is 71.0 Å². The number of fused-ring (bicyclic) bond motifs is 2. The average Bonchev–Trinajstić information content (AvgIpc) is 2.88. The molecular weight excluding hydrogens is 500 g/mol. The fourth-order valence-corrected chi connectivity index (χ4v) is 7.08. The van der Waals surface area contributed by atoms with E-state index >= 15 is 0 Å². The number of sulfonamides is 1. The highest BCUT2D eigenvalue weighted by atomic mass is 35.5. The lowest BCUT2D eigenvalue weighted by Gasteiger charge is -2.36. The fourth-order valence-electron chi connectivity index (χ4n) is 4.95. The predicted molar refractivity (Wildman–Crippen MR) is 137 cm³/mol. The molecule has 10 heteroatoms. The van der Waals surface area contributed by atoms with Crippen LogP contribution in [-0.4, -0.2) is 49.1 Å². The van der Waals surface area contributed by atoms with Crippen molar-refractivity contribution in [1.82, 2.24) is 9.29 Å².